The molecule has 1 unspecified atom stereocenters. The second-order valence-corrected chi connectivity index (χ2v) is 13.3. The number of halogens is 2. The molecule has 0 fully saturated rings. The molecule has 5 aromatic carbocycles. The lowest BCUT2D eigenvalue weighted by Gasteiger charge is -2.37. The summed E-state index contributed by atoms with van der Waals surface area (Å²) in [6.07, 6.45) is 0. The first-order valence-electron chi connectivity index (χ1n) is 14.8. The van der Waals surface area contributed by atoms with Gasteiger partial charge in [0.25, 0.3) is 5.91 Å². The maximum absolute atomic E-state index is 15.3. The Bertz CT molecular complexity index is 2120. The highest BCUT2D eigenvalue weighted by atomic mass is 79.9. The third-order valence-electron chi connectivity index (χ3n) is 9.02. The summed E-state index contributed by atoms with van der Waals surface area (Å²) in [7, 11) is 0. The first-order chi connectivity index (χ1) is 21.3. The van der Waals surface area contributed by atoms with E-state index >= 15 is 4.79 Å². The fourth-order valence-corrected chi connectivity index (χ4v) is 7.55. The molecule has 4 nitrogen and oxygen atoms in total. The van der Waals surface area contributed by atoms with Crippen LogP contribution in [0.3, 0.4) is 0 Å². The number of carbonyl (C=O) groups excluding carboxylic acids is 1. The number of hydrogen-bond donors (Lipinski definition) is 1. The van der Waals surface area contributed by atoms with Gasteiger partial charge in [-0.05, 0) is 73.0 Å². The zero-order valence-electron chi connectivity index (χ0n) is 24.4. The Morgan fingerprint density at radius 1 is 0.795 bits per heavy atom. The SMILES string of the molecule is Cc1ccc(CN2C(=O)C3(Nc4cc(C)ccc4-c4c3c3cc(Cl)ccc3n4Cc3ccccc3)c3cc(Br)ccc32)cc1. The van der Waals surface area contributed by atoms with Gasteiger partial charge in [0.2, 0.25) is 0 Å². The van der Waals surface area contributed by atoms with Gasteiger partial charge in [0, 0.05) is 49.3 Å². The van der Waals surface area contributed by atoms with Gasteiger partial charge in [-0.15, -0.1) is 0 Å². The standard InChI is InChI=1S/C38H29BrClN3O/c1-23-8-11-26(12-9-23)22-43-34-16-13-27(39)19-31(34)38(37(43)44)35-30-20-28(40)14-17-33(30)42(21-25-6-4-3-5-7-25)36(35)29-15-10-24(2)18-32(29)41-38/h3-20,41H,21-22H2,1-2H3. The largest absolute Gasteiger partial charge is 0.363 e. The lowest BCUT2D eigenvalue weighted by molar-refractivity contribution is -0.121. The molecule has 1 amide bonds. The van der Waals surface area contributed by atoms with Crippen molar-refractivity contribution in [1.29, 1.82) is 0 Å². The van der Waals surface area contributed by atoms with Crippen LogP contribution in [0.4, 0.5) is 11.4 Å². The van der Waals surface area contributed by atoms with Crippen LogP contribution < -0.4 is 10.2 Å². The van der Waals surface area contributed by atoms with Crippen molar-refractivity contribution in [2.75, 3.05) is 10.2 Å². The van der Waals surface area contributed by atoms with E-state index in [9.17, 15) is 0 Å². The minimum absolute atomic E-state index is 0.00156. The van der Waals surface area contributed by atoms with Gasteiger partial charge in [-0.3, -0.25) is 4.79 Å². The molecule has 0 aliphatic carbocycles. The van der Waals surface area contributed by atoms with E-state index in [0.717, 1.165) is 60.3 Å². The number of fused-ring (bicyclic) bond motifs is 8. The number of aryl methyl sites for hydroxylation is 2. The number of amides is 1. The molecule has 2 aliphatic heterocycles. The summed E-state index contributed by atoms with van der Waals surface area (Å²) < 4.78 is 3.28. The molecule has 0 saturated carbocycles. The van der Waals surface area contributed by atoms with Crippen molar-refractivity contribution in [3.8, 4) is 11.3 Å². The van der Waals surface area contributed by atoms with E-state index in [4.69, 9.17) is 11.6 Å². The van der Waals surface area contributed by atoms with Gasteiger partial charge in [-0.25, -0.2) is 0 Å². The summed E-state index contributed by atoms with van der Waals surface area (Å²) in [6.45, 7) is 5.30. The molecule has 0 bridgehead atoms. The molecule has 3 heterocycles. The molecule has 1 N–H and O–H groups in total. The number of benzene rings is 5. The van der Waals surface area contributed by atoms with Crippen molar-refractivity contribution in [2.45, 2.75) is 32.5 Å². The average Bonchev–Trinajstić information content (AvgIpc) is 3.44. The summed E-state index contributed by atoms with van der Waals surface area (Å²) in [4.78, 5) is 17.2. The summed E-state index contributed by atoms with van der Waals surface area (Å²) in [5.74, 6) is -0.00156. The quantitative estimate of drug-likeness (QED) is 0.205. The highest BCUT2D eigenvalue weighted by Gasteiger charge is 2.57. The van der Waals surface area contributed by atoms with Crippen LogP contribution in [0.1, 0.15) is 33.4 Å². The van der Waals surface area contributed by atoms with Gasteiger partial charge in [0.05, 0.1) is 17.9 Å². The van der Waals surface area contributed by atoms with E-state index < -0.39 is 5.54 Å². The van der Waals surface area contributed by atoms with Crippen LogP contribution in [0.2, 0.25) is 5.02 Å². The number of anilines is 2. The molecular formula is C38H29BrClN3O. The molecular weight excluding hydrogens is 630 g/mol. The molecule has 216 valence electrons. The van der Waals surface area contributed by atoms with Crippen molar-refractivity contribution in [3.05, 3.63) is 152 Å². The van der Waals surface area contributed by atoms with E-state index in [1.54, 1.807) is 0 Å². The van der Waals surface area contributed by atoms with Crippen molar-refractivity contribution < 1.29 is 4.79 Å². The number of aromatic nitrogens is 1. The van der Waals surface area contributed by atoms with Crippen molar-refractivity contribution in [3.63, 3.8) is 0 Å². The Balaban J connectivity index is 1.45. The zero-order valence-corrected chi connectivity index (χ0v) is 26.7. The van der Waals surface area contributed by atoms with Crippen LogP contribution in [-0.4, -0.2) is 10.5 Å². The van der Waals surface area contributed by atoms with Crippen LogP contribution >= 0.6 is 27.5 Å². The van der Waals surface area contributed by atoms with Crippen molar-refractivity contribution >= 4 is 55.7 Å². The monoisotopic (exact) mass is 657 g/mol. The number of hydrogen-bond acceptors (Lipinski definition) is 2. The van der Waals surface area contributed by atoms with Gasteiger partial charge in [0.1, 0.15) is 0 Å². The molecule has 6 aromatic rings. The molecule has 8 rings (SSSR count). The highest BCUT2D eigenvalue weighted by molar-refractivity contribution is 9.10. The summed E-state index contributed by atoms with van der Waals surface area (Å²) in [5, 5.41) is 5.46. The molecule has 1 atom stereocenters. The third kappa shape index (κ3) is 4.06. The van der Waals surface area contributed by atoms with Gasteiger partial charge < -0.3 is 14.8 Å². The maximum Gasteiger partial charge on any atom is 0.262 e. The van der Waals surface area contributed by atoms with Crippen molar-refractivity contribution in [2.24, 2.45) is 0 Å². The molecule has 6 heteroatoms. The highest BCUT2D eigenvalue weighted by Crippen LogP contribution is 2.57. The van der Waals surface area contributed by atoms with Gasteiger partial charge in [-0.2, -0.15) is 0 Å². The Hall–Kier alpha value is -4.32. The Morgan fingerprint density at radius 2 is 1.55 bits per heavy atom. The zero-order chi connectivity index (χ0) is 30.2. The van der Waals surface area contributed by atoms with Gasteiger partial charge in [0.15, 0.2) is 5.54 Å². The van der Waals surface area contributed by atoms with Crippen molar-refractivity contribution in [1.82, 2.24) is 4.57 Å². The fourth-order valence-electron chi connectivity index (χ4n) is 7.02. The molecule has 2 aliphatic rings. The summed E-state index contributed by atoms with van der Waals surface area (Å²) in [6, 6.07) is 37.6. The Kier molecular flexibility index (Phi) is 6.26. The normalized spacial score (nSPS) is 16.6. The van der Waals surface area contributed by atoms with Gasteiger partial charge >= 0.3 is 0 Å². The lowest BCUT2D eigenvalue weighted by atomic mass is 9.77. The van der Waals surface area contributed by atoms with E-state index in [2.05, 4.69) is 125 Å². The number of nitrogens with one attached hydrogen (secondary N) is 1. The number of carbonyl (C=O) groups is 1. The maximum atomic E-state index is 15.3. The predicted molar refractivity (Wildman–Crippen MR) is 184 cm³/mol. The molecule has 1 aromatic heterocycles. The van der Waals surface area contributed by atoms with E-state index in [0.29, 0.717) is 18.1 Å². The van der Waals surface area contributed by atoms with Gasteiger partial charge in [-0.1, -0.05) is 99.8 Å². The first-order valence-corrected chi connectivity index (χ1v) is 15.9. The Labute approximate surface area is 270 Å². The predicted octanol–water partition coefficient (Wildman–Crippen LogP) is 9.61. The van der Waals surface area contributed by atoms with E-state index in [1.807, 2.05) is 29.2 Å². The Morgan fingerprint density at radius 3 is 2.34 bits per heavy atom. The van der Waals surface area contributed by atoms with Crippen LogP contribution in [0.5, 0.6) is 0 Å². The lowest BCUT2D eigenvalue weighted by Crippen LogP contribution is -2.48. The van der Waals surface area contributed by atoms with Crippen LogP contribution in [0, 0.1) is 13.8 Å². The second-order valence-electron chi connectivity index (χ2n) is 11.9. The molecule has 1 spiro atoms. The second kappa shape index (κ2) is 10.1. The first kappa shape index (κ1) is 27.2. The van der Waals surface area contributed by atoms with Crippen LogP contribution in [0.15, 0.2) is 114 Å². The minimum atomic E-state index is -1.16. The number of rotatable bonds is 4. The van der Waals surface area contributed by atoms with E-state index in [-0.39, 0.29) is 5.91 Å². The molecule has 0 radical (unpaired) electrons. The fraction of sp³-hybridized carbons (Fsp3) is 0.132. The average molecular weight is 659 g/mol. The van der Waals surface area contributed by atoms with Crippen LogP contribution in [0.25, 0.3) is 22.2 Å². The van der Waals surface area contributed by atoms with Crippen LogP contribution in [-0.2, 0) is 23.4 Å². The number of nitrogens with zero attached hydrogens (tertiary/aromatic N) is 2. The summed E-state index contributed by atoms with van der Waals surface area (Å²) >= 11 is 10.5. The summed E-state index contributed by atoms with van der Waals surface area (Å²) in [5.41, 5.74) is 10.3. The minimum Gasteiger partial charge on any atom is -0.363 e. The molecule has 0 saturated heterocycles. The smallest absolute Gasteiger partial charge is 0.262 e. The topological polar surface area (TPSA) is 37.3 Å². The van der Waals surface area contributed by atoms with E-state index in [1.165, 1.54) is 11.1 Å². The third-order valence-corrected chi connectivity index (χ3v) is 9.75. The molecule has 44 heavy (non-hydrogen) atoms.